The zero-order valence-corrected chi connectivity index (χ0v) is 20.2. The first-order valence-electron chi connectivity index (χ1n) is 9.24. The van der Waals surface area contributed by atoms with Crippen LogP contribution in [0.15, 0.2) is 36.4 Å². The lowest BCUT2D eigenvalue weighted by atomic mass is 10.2. The Kier molecular flexibility index (Phi) is 14.5. The van der Waals surface area contributed by atoms with Gasteiger partial charge < -0.3 is 19.7 Å². The highest BCUT2D eigenvalue weighted by molar-refractivity contribution is 6.35. The van der Waals surface area contributed by atoms with Gasteiger partial charge >= 0.3 is 0 Å². The van der Waals surface area contributed by atoms with Gasteiger partial charge in [0.15, 0.2) is 11.5 Å². The molecule has 0 saturated heterocycles. The van der Waals surface area contributed by atoms with Crippen molar-refractivity contribution in [2.24, 2.45) is 0 Å². The van der Waals surface area contributed by atoms with E-state index in [1.54, 1.807) is 19.2 Å². The maximum absolute atomic E-state index is 6.20. The molecule has 0 fully saturated rings. The molecule has 2 rings (SSSR count). The topological polar surface area (TPSA) is 33.7 Å². The summed E-state index contributed by atoms with van der Waals surface area (Å²) in [5.74, 6) is 1.40. The molecule has 1 N–H and O–H groups in total. The number of hydrogen-bond acceptors (Lipinski definition) is 4. The molecule has 2 aromatic carbocycles. The Morgan fingerprint density at radius 2 is 1.69 bits per heavy atom. The van der Waals surface area contributed by atoms with E-state index in [9.17, 15) is 0 Å². The standard InChI is InChI=1S/C21H28Cl2N2O2.2ClH/c1-4-25(5-2)11-10-24-14-16-6-9-20(21(12-16)26-3)27-15-17-7-8-18(22)13-19(17)23;;/h6-9,12-13,24H,4-5,10-11,14-15H2,1-3H3;2*1H. The molecule has 0 amide bonds. The first-order chi connectivity index (χ1) is 13.1. The van der Waals surface area contributed by atoms with Gasteiger partial charge in [-0.1, -0.05) is 49.2 Å². The van der Waals surface area contributed by atoms with Crippen LogP contribution in [-0.2, 0) is 13.2 Å². The van der Waals surface area contributed by atoms with Crippen LogP contribution in [0.5, 0.6) is 11.5 Å². The van der Waals surface area contributed by atoms with Gasteiger partial charge in [-0.2, -0.15) is 0 Å². The molecule has 0 atom stereocenters. The first-order valence-corrected chi connectivity index (χ1v) is 9.99. The Labute approximate surface area is 196 Å². The number of nitrogens with zero attached hydrogens (tertiary/aromatic N) is 1. The van der Waals surface area contributed by atoms with Gasteiger partial charge in [0, 0.05) is 35.2 Å². The van der Waals surface area contributed by atoms with E-state index in [1.807, 2.05) is 24.3 Å². The Hall–Kier alpha value is -0.880. The third kappa shape index (κ3) is 9.20. The molecule has 29 heavy (non-hydrogen) atoms. The van der Waals surface area contributed by atoms with E-state index in [1.165, 1.54) is 0 Å². The summed E-state index contributed by atoms with van der Waals surface area (Å²) in [4.78, 5) is 2.40. The van der Waals surface area contributed by atoms with Crippen molar-refractivity contribution in [2.45, 2.75) is 27.0 Å². The highest BCUT2D eigenvalue weighted by Crippen LogP contribution is 2.30. The van der Waals surface area contributed by atoms with Crippen LogP contribution in [0.3, 0.4) is 0 Å². The molecule has 0 aliphatic rings. The molecule has 8 heteroatoms. The number of halogens is 4. The number of benzene rings is 2. The van der Waals surface area contributed by atoms with E-state index in [2.05, 4.69) is 24.1 Å². The van der Waals surface area contributed by atoms with Crippen molar-refractivity contribution in [3.05, 3.63) is 57.6 Å². The summed E-state index contributed by atoms with van der Waals surface area (Å²) in [5, 5.41) is 4.68. The van der Waals surface area contributed by atoms with Crippen LogP contribution in [0.25, 0.3) is 0 Å². The number of rotatable bonds is 11. The highest BCUT2D eigenvalue weighted by Gasteiger charge is 2.08. The third-order valence-electron chi connectivity index (χ3n) is 4.45. The molecule has 4 nitrogen and oxygen atoms in total. The van der Waals surface area contributed by atoms with Gasteiger partial charge in [-0.3, -0.25) is 0 Å². The minimum Gasteiger partial charge on any atom is -0.493 e. The van der Waals surface area contributed by atoms with Crippen LogP contribution in [0.2, 0.25) is 10.0 Å². The summed E-state index contributed by atoms with van der Waals surface area (Å²) in [6.07, 6.45) is 0. The van der Waals surface area contributed by atoms with E-state index in [-0.39, 0.29) is 24.8 Å². The van der Waals surface area contributed by atoms with Crippen molar-refractivity contribution in [1.29, 1.82) is 0 Å². The molecule has 0 aliphatic heterocycles. The normalized spacial score (nSPS) is 10.3. The second-order valence-corrected chi connectivity index (χ2v) is 7.06. The van der Waals surface area contributed by atoms with Crippen LogP contribution >= 0.6 is 48.0 Å². The van der Waals surface area contributed by atoms with E-state index < -0.39 is 0 Å². The average Bonchev–Trinajstić information content (AvgIpc) is 2.68. The minimum absolute atomic E-state index is 0. The van der Waals surface area contributed by atoms with Crippen molar-refractivity contribution in [1.82, 2.24) is 10.2 Å². The van der Waals surface area contributed by atoms with E-state index in [4.69, 9.17) is 32.7 Å². The predicted octanol–water partition coefficient (Wildman–Crippen LogP) is 5.86. The zero-order chi connectivity index (χ0) is 19.6. The second-order valence-electron chi connectivity index (χ2n) is 6.21. The molecular formula is C21H30Cl4N2O2. The minimum atomic E-state index is 0. The largest absolute Gasteiger partial charge is 0.493 e. The Morgan fingerprint density at radius 1 is 0.966 bits per heavy atom. The van der Waals surface area contributed by atoms with Crippen LogP contribution in [0.4, 0.5) is 0 Å². The van der Waals surface area contributed by atoms with Crippen molar-refractivity contribution >= 4 is 48.0 Å². The Bertz CT molecular complexity index is 728. The van der Waals surface area contributed by atoms with Crippen molar-refractivity contribution in [3.8, 4) is 11.5 Å². The second kappa shape index (κ2) is 15.0. The molecule has 164 valence electrons. The van der Waals surface area contributed by atoms with Gasteiger partial charge in [0.25, 0.3) is 0 Å². The molecule has 0 bridgehead atoms. The van der Waals surface area contributed by atoms with Crippen LogP contribution < -0.4 is 14.8 Å². The summed E-state index contributed by atoms with van der Waals surface area (Å²) in [7, 11) is 1.65. The molecular weight excluding hydrogens is 454 g/mol. The summed E-state index contributed by atoms with van der Waals surface area (Å²) in [5.41, 5.74) is 2.04. The van der Waals surface area contributed by atoms with Crippen molar-refractivity contribution in [3.63, 3.8) is 0 Å². The quantitative estimate of drug-likeness (QED) is 0.406. The van der Waals surface area contributed by atoms with Crippen molar-refractivity contribution in [2.75, 3.05) is 33.3 Å². The summed E-state index contributed by atoms with van der Waals surface area (Å²) in [6.45, 7) is 9.68. The maximum Gasteiger partial charge on any atom is 0.161 e. The number of nitrogens with one attached hydrogen (secondary N) is 1. The molecule has 0 saturated carbocycles. The lowest BCUT2D eigenvalue weighted by Gasteiger charge is -2.18. The highest BCUT2D eigenvalue weighted by atomic mass is 35.5. The SMILES string of the molecule is CCN(CC)CCNCc1ccc(OCc2ccc(Cl)cc2Cl)c(OC)c1.Cl.Cl. The van der Waals surface area contributed by atoms with Gasteiger partial charge in [0.1, 0.15) is 6.61 Å². The fourth-order valence-corrected chi connectivity index (χ4v) is 3.21. The number of ether oxygens (including phenoxy) is 2. The summed E-state index contributed by atoms with van der Waals surface area (Å²) in [6, 6.07) is 11.4. The maximum atomic E-state index is 6.20. The molecule has 2 aromatic rings. The predicted molar refractivity (Wildman–Crippen MR) is 128 cm³/mol. The molecule has 0 radical (unpaired) electrons. The molecule has 0 heterocycles. The Morgan fingerprint density at radius 3 is 2.31 bits per heavy atom. The molecule has 0 spiro atoms. The molecule has 0 aromatic heterocycles. The average molecular weight is 484 g/mol. The van der Waals surface area contributed by atoms with Gasteiger partial charge in [0.05, 0.1) is 7.11 Å². The van der Waals surface area contributed by atoms with E-state index >= 15 is 0 Å². The van der Waals surface area contributed by atoms with Gasteiger partial charge in [-0.25, -0.2) is 0 Å². The lowest BCUT2D eigenvalue weighted by Crippen LogP contribution is -2.31. The number of hydrogen-bond donors (Lipinski definition) is 1. The van der Waals surface area contributed by atoms with Gasteiger partial charge in [-0.15, -0.1) is 24.8 Å². The monoisotopic (exact) mass is 482 g/mol. The van der Waals surface area contributed by atoms with Gasteiger partial charge in [-0.05, 0) is 42.9 Å². The van der Waals surface area contributed by atoms with E-state index in [0.717, 1.165) is 43.9 Å². The molecule has 0 unspecified atom stereocenters. The fourth-order valence-electron chi connectivity index (χ4n) is 2.75. The van der Waals surface area contributed by atoms with Crippen LogP contribution in [0, 0.1) is 0 Å². The van der Waals surface area contributed by atoms with E-state index in [0.29, 0.717) is 28.2 Å². The summed E-state index contributed by atoms with van der Waals surface area (Å²) < 4.78 is 11.4. The Balaban J connectivity index is 0.00000392. The fraction of sp³-hybridized carbons (Fsp3) is 0.429. The number of likely N-dealkylation sites (N-methyl/N-ethyl adjacent to an activating group) is 1. The van der Waals surface area contributed by atoms with Crippen LogP contribution in [-0.4, -0.2) is 38.2 Å². The number of methoxy groups -OCH3 is 1. The lowest BCUT2D eigenvalue weighted by molar-refractivity contribution is 0.284. The smallest absolute Gasteiger partial charge is 0.161 e. The third-order valence-corrected chi connectivity index (χ3v) is 5.04. The first kappa shape index (κ1) is 28.1. The van der Waals surface area contributed by atoms with Crippen molar-refractivity contribution < 1.29 is 9.47 Å². The van der Waals surface area contributed by atoms with Crippen LogP contribution in [0.1, 0.15) is 25.0 Å². The molecule has 0 aliphatic carbocycles. The zero-order valence-electron chi connectivity index (χ0n) is 17.0. The summed E-state index contributed by atoms with van der Waals surface area (Å²) >= 11 is 12.1. The van der Waals surface area contributed by atoms with Gasteiger partial charge in [0.2, 0.25) is 0 Å².